The van der Waals surface area contributed by atoms with Crippen LogP contribution in [0.2, 0.25) is 0 Å². The van der Waals surface area contributed by atoms with Crippen molar-refractivity contribution in [2.75, 3.05) is 18.4 Å². The molecule has 1 saturated heterocycles. The minimum Gasteiger partial charge on any atom is -0.491 e. The summed E-state index contributed by atoms with van der Waals surface area (Å²) in [4.78, 5) is 26.7. The summed E-state index contributed by atoms with van der Waals surface area (Å²) >= 11 is 0. The van der Waals surface area contributed by atoms with Crippen LogP contribution in [0.15, 0.2) is 24.3 Å². The molecule has 5 nitrogen and oxygen atoms in total. The van der Waals surface area contributed by atoms with Crippen LogP contribution in [-0.4, -0.2) is 35.9 Å². The predicted octanol–water partition coefficient (Wildman–Crippen LogP) is 3.45. The lowest BCUT2D eigenvalue weighted by atomic mass is 9.83. The fourth-order valence-corrected chi connectivity index (χ4v) is 3.41. The molecular weight excluding hydrogens is 316 g/mol. The van der Waals surface area contributed by atoms with Gasteiger partial charge < -0.3 is 15.0 Å². The van der Waals surface area contributed by atoms with Gasteiger partial charge in [-0.15, -0.1) is 0 Å². The molecule has 1 heterocycles. The highest BCUT2D eigenvalue weighted by Gasteiger charge is 2.33. The van der Waals surface area contributed by atoms with E-state index in [9.17, 15) is 9.59 Å². The van der Waals surface area contributed by atoms with Gasteiger partial charge in [0.1, 0.15) is 5.75 Å². The molecular formula is C20H28N2O3. The number of piperidine rings is 1. The first-order valence-electron chi connectivity index (χ1n) is 9.39. The molecule has 0 bridgehead atoms. The van der Waals surface area contributed by atoms with Crippen molar-refractivity contribution in [3.63, 3.8) is 0 Å². The number of carbonyl (C=O) groups is 2. The van der Waals surface area contributed by atoms with Crippen LogP contribution in [0.25, 0.3) is 0 Å². The van der Waals surface area contributed by atoms with Crippen molar-refractivity contribution in [1.29, 1.82) is 0 Å². The molecule has 1 aromatic rings. The van der Waals surface area contributed by atoms with Gasteiger partial charge in [0, 0.05) is 30.6 Å². The van der Waals surface area contributed by atoms with Crippen LogP contribution < -0.4 is 10.1 Å². The molecule has 1 aliphatic carbocycles. The molecule has 5 heteroatoms. The number of carbonyl (C=O) groups excluding carboxylic acids is 2. The number of hydrogen-bond acceptors (Lipinski definition) is 3. The summed E-state index contributed by atoms with van der Waals surface area (Å²) in [5.41, 5.74) is 0.786. The SMILES string of the molecule is CC(C)Oc1ccc(NC(=O)C2CCN(C(=O)C3CCC3)CC2)cc1. The second-order valence-electron chi connectivity index (χ2n) is 7.41. The first-order valence-corrected chi connectivity index (χ1v) is 9.39. The van der Waals surface area contributed by atoms with Crippen LogP contribution in [0.1, 0.15) is 46.0 Å². The van der Waals surface area contributed by atoms with Crippen molar-refractivity contribution in [1.82, 2.24) is 4.90 Å². The number of ether oxygens (including phenoxy) is 1. The van der Waals surface area contributed by atoms with Gasteiger partial charge in [-0.25, -0.2) is 0 Å². The van der Waals surface area contributed by atoms with Gasteiger partial charge in [0.15, 0.2) is 0 Å². The summed E-state index contributed by atoms with van der Waals surface area (Å²) in [7, 11) is 0. The largest absolute Gasteiger partial charge is 0.491 e. The minimum absolute atomic E-state index is 0.0166. The Labute approximate surface area is 149 Å². The monoisotopic (exact) mass is 344 g/mol. The Morgan fingerprint density at radius 1 is 1.04 bits per heavy atom. The Bertz CT molecular complexity index is 600. The Kier molecular flexibility index (Phi) is 5.61. The maximum Gasteiger partial charge on any atom is 0.227 e. The summed E-state index contributed by atoms with van der Waals surface area (Å²) in [6, 6.07) is 7.47. The van der Waals surface area contributed by atoms with Crippen LogP contribution in [0.3, 0.4) is 0 Å². The highest BCUT2D eigenvalue weighted by atomic mass is 16.5. The second kappa shape index (κ2) is 7.89. The number of anilines is 1. The lowest BCUT2D eigenvalue weighted by Gasteiger charge is -2.36. The lowest BCUT2D eigenvalue weighted by Crippen LogP contribution is -2.45. The van der Waals surface area contributed by atoms with E-state index in [1.807, 2.05) is 43.0 Å². The van der Waals surface area contributed by atoms with E-state index in [0.29, 0.717) is 19.0 Å². The van der Waals surface area contributed by atoms with Gasteiger partial charge in [-0.05, 0) is 63.8 Å². The Hall–Kier alpha value is -2.04. The van der Waals surface area contributed by atoms with Crippen molar-refractivity contribution in [3.8, 4) is 5.75 Å². The number of rotatable bonds is 5. The fourth-order valence-electron chi connectivity index (χ4n) is 3.41. The van der Waals surface area contributed by atoms with E-state index in [4.69, 9.17) is 4.74 Å². The number of nitrogens with zero attached hydrogens (tertiary/aromatic N) is 1. The first-order chi connectivity index (χ1) is 12.0. The van der Waals surface area contributed by atoms with E-state index in [2.05, 4.69) is 5.32 Å². The van der Waals surface area contributed by atoms with Crippen molar-refractivity contribution in [2.24, 2.45) is 11.8 Å². The summed E-state index contributed by atoms with van der Waals surface area (Å²) in [5.74, 6) is 1.38. The molecule has 25 heavy (non-hydrogen) atoms. The van der Waals surface area contributed by atoms with Gasteiger partial charge >= 0.3 is 0 Å². The predicted molar refractivity (Wildman–Crippen MR) is 97.5 cm³/mol. The van der Waals surface area contributed by atoms with Crippen LogP contribution >= 0.6 is 0 Å². The second-order valence-corrected chi connectivity index (χ2v) is 7.41. The zero-order valence-corrected chi connectivity index (χ0v) is 15.2. The molecule has 0 unspecified atom stereocenters. The van der Waals surface area contributed by atoms with Crippen molar-refractivity contribution >= 4 is 17.5 Å². The number of benzene rings is 1. The van der Waals surface area contributed by atoms with Gasteiger partial charge in [-0.3, -0.25) is 9.59 Å². The van der Waals surface area contributed by atoms with Gasteiger partial charge in [0.25, 0.3) is 0 Å². The Morgan fingerprint density at radius 3 is 2.20 bits per heavy atom. The van der Waals surface area contributed by atoms with E-state index in [-0.39, 0.29) is 23.8 Å². The van der Waals surface area contributed by atoms with Crippen molar-refractivity contribution in [2.45, 2.75) is 52.1 Å². The van der Waals surface area contributed by atoms with Gasteiger partial charge in [-0.1, -0.05) is 6.42 Å². The molecule has 2 fully saturated rings. The van der Waals surface area contributed by atoms with Crippen LogP contribution in [0.5, 0.6) is 5.75 Å². The molecule has 0 atom stereocenters. The first kappa shape index (κ1) is 17.8. The number of hydrogen-bond donors (Lipinski definition) is 1. The van der Waals surface area contributed by atoms with Crippen molar-refractivity contribution < 1.29 is 14.3 Å². The Balaban J connectivity index is 1.46. The molecule has 1 aromatic carbocycles. The lowest BCUT2D eigenvalue weighted by molar-refractivity contribution is -0.140. The third kappa shape index (κ3) is 4.53. The molecule has 1 N–H and O–H groups in total. The topological polar surface area (TPSA) is 58.6 Å². The quantitative estimate of drug-likeness (QED) is 0.890. The maximum atomic E-state index is 12.5. The molecule has 136 valence electrons. The van der Waals surface area contributed by atoms with E-state index < -0.39 is 0 Å². The zero-order valence-electron chi connectivity index (χ0n) is 15.2. The molecule has 1 saturated carbocycles. The van der Waals surface area contributed by atoms with Crippen LogP contribution in [0.4, 0.5) is 5.69 Å². The fraction of sp³-hybridized carbons (Fsp3) is 0.600. The summed E-state index contributed by atoms with van der Waals surface area (Å²) in [5, 5.41) is 2.98. The number of likely N-dealkylation sites (tertiary alicyclic amines) is 1. The maximum absolute atomic E-state index is 12.5. The normalized spacial score (nSPS) is 18.8. The van der Waals surface area contributed by atoms with Crippen molar-refractivity contribution in [3.05, 3.63) is 24.3 Å². The molecule has 1 aliphatic heterocycles. The van der Waals surface area contributed by atoms with E-state index in [0.717, 1.165) is 37.1 Å². The van der Waals surface area contributed by atoms with Crippen LogP contribution in [0, 0.1) is 11.8 Å². The Morgan fingerprint density at radius 2 is 1.68 bits per heavy atom. The summed E-state index contributed by atoms with van der Waals surface area (Å²) in [6.07, 6.45) is 4.88. The molecule has 2 amide bonds. The summed E-state index contributed by atoms with van der Waals surface area (Å²) < 4.78 is 5.61. The molecule has 0 aromatic heterocycles. The van der Waals surface area contributed by atoms with Gasteiger partial charge in [0.2, 0.25) is 11.8 Å². The van der Waals surface area contributed by atoms with E-state index in [1.165, 1.54) is 6.42 Å². The van der Waals surface area contributed by atoms with Gasteiger partial charge in [0.05, 0.1) is 6.10 Å². The molecule has 0 spiro atoms. The van der Waals surface area contributed by atoms with Crippen LogP contribution in [-0.2, 0) is 9.59 Å². The number of nitrogens with one attached hydrogen (secondary N) is 1. The molecule has 0 radical (unpaired) electrons. The zero-order chi connectivity index (χ0) is 17.8. The highest BCUT2D eigenvalue weighted by Crippen LogP contribution is 2.30. The smallest absolute Gasteiger partial charge is 0.227 e. The van der Waals surface area contributed by atoms with Gasteiger partial charge in [-0.2, -0.15) is 0 Å². The molecule has 3 rings (SSSR count). The third-order valence-electron chi connectivity index (χ3n) is 5.13. The average Bonchev–Trinajstić information content (AvgIpc) is 2.54. The van der Waals surface area contributed by atoms with E-state index >= 15 is 0 Å². The summed E-state index contributed by atoms with van der Waals surface area (Å²) in [6.45, 7) is 5.37. The standard InChI is InChI=1S/C20H28N2O3/c1-14(2)25-18-8-6-17(7-9-18)21-19(23)15-10-12-22(13-11-15)20(24)16-4-3-5-16/h6-9,14-16H,3-5,10-13H2,1-2H3,(H,21,23). The highest BCUT2D eigenvalue weighted by molar-refractivity contribution is 5.92. The average molecular weight is 344 g/mol. The minimum atomic E-state index is -0.0166. The number of amides is 2. The van der Waals surface area contributed by atoms with E-state index in [1.54, 1.807) is 0 Å². The third-order valence-corrected chi connectivity index (χ3v) is 5.13. The molecule has 2 aliphatic rings.